The molecule has 5 rings (SSSR count). The quantitative estimate of drug-likeness (QED) is 0.696. The molecule has 1 amide bonds. The van der Waals surface area contributed by atoms with Crippen molar-refractivity contribution in [1.29, 1.82) is 0 Å². The minimum atomic E-state index is -0.0135. The number of hydrogen-bond acceptors (Lipinski definition) is 5. The molecule has 0 spiro atoms. The van der Waals surface area contributed by atoms with E-state index in [9.17, 15) is 4.79 Å². The van der Waals surface area contributed by atoms with Gasteiger partial charge < -0.3 is 4.90 Å². The van der Waals surface area contributed by atoms with Crippen molar-refractivity contribution in [2.45, 2.75) is 51.0 Å². The van der Waals surface area contributed by atoms with Gasteiger partial charge in [-0.05, 0) is 37.7 Å². The van der Waals surface area contributed by atoms with Crippen molar-refractivity contribution in [2.75, 3.05) is 13.1 Å². The molecule has 2 fully saturated rings. The number of aromatic nitrogens is 6. The van der Waals surface area contributed by atoms with Gasteiger partial charge in [-0.25, -0.2) is 9.97 Å². The molecular weight excluding hydrogens is 354 g/mol. The molecule has 4 heterocycles. The maximum absolute atomic E-state index is 12.9. The third-order valence-electron chi connectivity index (χ3n) is 6.04. The summed E-state index contributed by atoms with van der Waals surface area (Å²) < 4.78 is 3.76. The van der Waals surface area contributed by atoms with E-state index < -0.39 is 0 Å². The van der Waals surface area contributed by atoms with Crippen LogP contribution < -0.4 is 0 Å². The van der Waals surface area contributed by atoms with Crippen LogP contribution in [0.1, 0.15) is 60.6 Å². The topological polar surface area (TPSA) is 81.2 Å². The smallest absolute Gasteiger partial charge is 0.274 e. The van der Waals surface area contributed by atoms with Crippen LogP contribution in [0.4, 0.5) is 0 Å². The van der Waals surface area contributed by atoms with E-state index in [4.69, 9.17) is 0 Å². The summed E-state index contributed by atoms with van der Waals surface area (Å²) in [7, 11) is 0. The molecule has 1 aliphatic carbocycles. The zero-order chi connectivity index (χ0) is 18.9. The van der Waals surface area contributed by atoms with Crippen LogP contribution in [0, 0.1) is 5.92 Å². The van der Waals surface area contributed by atoms with Crippen LogP contribution in [0.5, 0.6) is 0 Å². The van der Waals surface area contributed by atoms with Gasteiger partial charge in [0.15, 0.2) is 0 Å². The Morgan fingerprint density at radius 2 is 2.04 bits per heavy atom. The normalized spacial score (nSPS) is 20.9. The first kappa shape index (κ1) is 17.3. The number of carbonyl (C=O) groups is 1. The van der Waals surface area contributed by atoms with E-state index in [2.05, 4.69) is 26.5 Å². The molecular formula is C20H25N7O. The molecule has 0 radical (unpaired) electrons. The van der Waals surface area contributed by atoms with Gasteiger partial charge >= 0.3 is 0 Å². The summed E-state index contributed by atoms with van der Waals surface area (Å²) in [5, 5.41) is 8.75. The van der Waals surface area contributed by atoms with Crippen molar-refractivity contribution in [3.8, 4) is 0 Å². The molecule has 1 saturated heterocycles. The average molecular weight is 379 g/mol. The lowest BCUT2D eigenvalue weighted by Crippen LogP contribution is -2.41. The van der Waals surface area contributed by atoms with Crippen molar-refractivity contribution < 1.29 is 4.79 Å². The number of piperidine rings is 1. The molecule has 8 heteroatoms. The van der Waals surface area contributed by atoms with E-state index in [1.165, 1.54) is 25.7 Å². The molecule has 8 nitrogen and oxygen atoms in total. The number of carbonyl (C=O) groups excluding carboxylic acids is 1. The molecule has 3 aromatic heterocycles. The summed E-state index contributed by atoms with van der Waals surface area (Å²) in [6, 6.07) is 1.83. The first-order chi connectivity index (χ1) is 13.8. The minimum Gasteiger partial charge on any atom is -0.337 e. The standard InChI is InChI=1S/C20H25N7O/c28-19(18-13-26-10-4-8-21-20(26)22-18)25-9-3-5-15(11-25)12-27-14-17(23-24-27)16-6-1-2-7-16/h4,8,10,13-16H,1-3,5-7,9,11-12H2/t15-/m0/s1. The lowest BCUT2D eigenvalue weighted by atomic mass is 9.97. The molecule has 146 valence electrons. The lowest BCUT2D eigenvalue weighted by molar-refractivity contribution is 0.0654. The van der Waals surface area contributed by atoms with Gasteiger partial charge in [0, 0.05) is 50.3 Å². The summed E-state index contributed by atoms with van der Waals surface area (Å²) in [4.78, 5) is 23.4. The van der Waals surface area contributed by atoms with Crippen LogP contribution in [0.15, 0.2) is 30.9 Å². The first-order valence-electron chi connectivity index (χ1n) is 10.3. The Kier molecular flexibility index (Phi) is 4.54. The van der Waals surface area contributed by atoms with Gasteiger partial charge in [0.25, 0.3) is 5.91 Å². The fraction of sp³-hybridized carbons (Fsp3) is 0.550. The summed E-state index contributed by atoms with van der Waals surface area (Å²) in [5.74, 6) is 1.52. The van der Waals surface area contributed by atoms with Crippen molar-refractivity contribution in [3.05, 3.63) is 42.2 Å². The van der Waals surface area contributed by atoms with E-state index in [0.29, 0.717) is 23.3 Å². The Labute approximate surface area is 163 Å². The summed E-state index contributed by atoms with van der Waals surface area (Å²) in [6.07, 6.45) is 14.6. The van der Waals surface area contributed by atoms with Crippen molar-refractivity contribution in [2.24, 2.45) is 5.92 Å². The number of fused-ring (bicyclic) bond motifs is 1. The van der Waals surface area contributed by atoms with E-state index in [-0.39, 0.29) is 5.91 Å². The molecule has 1 aliphatic heterocycles. The van der Waals surface area contributed by atoms with Crippen LogP contribution in [0.2, 0.25) is 0 Å². The first-order valence-corrected chi connectivity index (χ1v) is 10.3. The molecule has 1 atom stereocenters. The summed E-state index contributed by atoms with van der Waals surface area (Å²) in [6.45, 7) is 2.33. The third kappa shape index (κ3) is 3.39. The second-order valence-corrected chi connectivity index (χ2v) is 8.06. The Bertz CT molecular complexity index is 939. The van der Waals surface area contributed by atoms with Crippen molar-refractivity contribution in [3.63, 3.8) is 0 Å². The Morgan fingerprint density at radius 3 is 2.89 bits per heavy atom. The predicted octanol–water partition coefficient (Wildman–Crippen LogP) is 2.53. The number of rotatable bonds is 4. The highest BCUT2D eigenvalue weighted by Gasteiger charge is 2.27. The molecule has 2 aliphatic rings. The predicted molar refractivity (Wildman–Crippen MR) is 103 cm³/mol. The lowest BCUT2D eigenvalue weighted by Gasteiger charge is -2.32. The molecule has 3 aromatic rings. The maximum atomic E-state index is 12.9. The monoisotopic (exact) mass is 379 g/mol. The fourth-order valence-electron chi connectivity index (χ4n) is 4.57. The zero-order valence-electron chi connectivity index (χ0n) is 15.9. The van der Waals surface area contributed by atoms with Crippen molar-refractivity contribution >= 4 is 11.7 Å². The molecule has 0 aromatic carbocycles. The van der Waals surface area contributed by atoms with Gasteiger partial charge in [0.2, 0.25) is 5.78 Å². The average Bonchev–Trinajstić information content (AvgIpc) is 3.47. The van der Waals surface area contributed by atoms with Crippen LogP contribution in [0.25, 0.3) is 5.78 Å². The molecule has 0 bridgehead atoms. The molecule has 0 unspecified atom stereocenters. The van der Waals surface area contributed by atoms with Crippen LogP contribution in [-0.4, -0.2) is 53.3 Å². The van der Waals surface area contributed by atoms with Gasteiger partial charge in [0.1, 0.15) is 5.69 Å². The molecule has 1 saturated carbocycles. The number of amides is 1. The largest absolute Gasteiger partial charge is 0.337 e. The summed E-state index contributed by atoms with van der Waals surface area (Å²) >= 11 is 0. The van der Waals surface area contributed by atoms with Gasteiger partial charge in [-0.1, -0.05) is 18.1 Å². The maximum Gasteiger partial charge on any atom is 0.274 e. The van der Waals surface area contributed by atoms with Crippen LogP contribution in [0.3, 0.4) is 0 Å². The van der Waals surface area contributed by atoms with Gasteiger partial charge in [-0.2, -0.15) is 0 Å². The fourth-order valence-corrected chi connectivity index (χ4v) is 4.57. The van der Waals surface area contributed by atoms with Gasteiger partial charge in [-0.3, -0.25) is 13.9 Å². The van der Waals surface area contributed by atoms with Gasteiger partial charge in [0.05, 0.1) is 5.69 Å². The van der Waals surface area contributed by atoms with Gasteiger partial charge in [-0.15, -0.1) is 5.10 Å². The number of nitrogens with zero attached hydrogens (tertiary/aromatic N) is 7. The Hall–Kier alpha value is -2.77. The van der Waals surface area contributed by atoms with E-state index in [0.717, 1.165) is 38.2 Å². The van der Waals surface area contributed by atoms with Crippen LogP contribution in [-0.2, 0) is 6.54 Å². The van der Waals surface area contributed by atoms with Crippen molar-refractivity contribution in [1.82, 2.24) is 34.3 Å². The highest BCUT2D eigenvalue weighted by molar-refractivity contribution is 5.92. The summed E-state index contributed by atoms with van der Waals surface area (Å²) in [5.41, 5.74) is 1.60. The third-order valence-corrected chi connectivity index (χ3v) is 6.04. The van der Waals surface area contributed by atoms with Crippen LogP contribution >= 0.6 is 0 Å². The number of likely N-dealkylation sites (tertiary alicyclic amines) is 1. The highest BCUT2D eigenvalue weighted by atomic mass is 16.2. The highest BCUT2D eigenvalue weighted by Crippen LogP contribution is 2.32. The van der Waals surface area contributed by atoms with E-state index >= 15 is 0 Å². The number of hydrogen-bond donors (Lipinski definition) is 0. The Balaban J connectivity index is 1.25. The molecule has 0 N–H and O–H groups in total. The second kappa shape index (κ2) is 7.33. The molecule has 28 heavy (non-hydrogen) atoms. The van der Waals surface area contributed by atoms with E-state index in [1.807, 2.05) is 21.8 Å². The zero-order valence-corrected chi connectivity index (χ0v) is 15.9. The SMILES string of the molecule is O=C(c1cn2cccnc2n1)N1CCC[C@H](Cn2cc(C3CCCC3)nn2)C1. The minimum absolute atomic E-state index is 0.0135. The Morgan fingerprint density at radius 1 is 1.14 bits per heavy atom. The second-order valence-electron chi connectivity index (χ2n) is 8.06. The number of imidazole rings is 1. The van der Waals surface area contributed by atoms with E-state index in [1.54, 1.807) is 16.8 Å².